The summed E-state index contributed by atoms with van der Waals surface area (Å²) in [5.74, 6) is -0.902. The minimum Gasteiger partial charge on any atom is -0.550 e. The Hall–Kier alpha value is -0.530. The van der Waals surface area contributed by atoms with E-state index in [0.29, 0.717) is 0 Å². The number of aliphatic carboxylic acids is 1. The molecule has 0 fully saturated rings. The molecule has 0 atom stereocenters. The van der Waals surface area contributed by atoms with Crippen LogP contribution in [-0.2, 0) is 4.79 Å². The second-order valence-corrected chi connectivity index (χ2v) is 3.35. The highest BCUT2D eigenvalue weighted by atomic mass is 16.4. The number of carboxylic acid groups (broad SMARTS) is 1. The van der Waals surface area contributed by atoms with Crippen molar-refractivity contribution in [3.8, 4) is 0 Å². The van der Waals surface area contributed by atoms with Gasteiger partial charge < -0.3 is 9.90 Å². The topological polar surface area (TPSA) is 40.1 Å². The lowest BCUT2D eigenvalue weighted by molar-refractivity contribution is -0.319. The van der Waals surface area contributed by atoms with Gasteiger partial charge in [0.05, 0.1) is 0 Å². The summed E-state index contributed by atoms with van der Waals surface area (Å²) < 4.78 is 0. The summed E-state index contributed by atoms with van der Waals surface area (Å²) in [6.45, 7) is 5.77. The van der Waals surface area contributed by atoms with E-state index in [-0.39, 0.29) is 0 Å². The molecule has 0 heterocycles. The predicted octanol–water partition coefficient (Wildman–Crippen LogP) is 1.34. The van der Waals surface area contributed by atoms with Crippen molar-refractivity contribution in [2.45, 2.75) is 46.5 Å². The number of rotatable bonds is 5. The van der Waals surface area contributed by atoms with Gasteiger partial charge in [0.25, 0.3) is 0 Å². The van der Waals surface area contributed by atoms with Gasteiger partial charge in [-0.25, -0.2) is 0 Å². The maximum Gasteiger partial charge on any atom is 0.0473 e. The Morgan fingerprint density at radius 1 is 1.27 bits per heavy atom. The van der Waals surface area contributed by atoms with E-state index >= 15 is 0 Å². The second-order valence-electron chi connectivity index (χ2n) is 3.35. The monoisotopic (exact) mass is 157 g/mol. The van der Waals surface area contributed by atoms with Crippen molar-refractivity contribution in [3.63, 3.8) is 0 Å². The Labute approximate surface area is 68.6 Å². The van der Waals surface area contributed by atoms with Crippen molar-refractivity contribution in [3.05, 3.63) is 0 Å². The van der Waals surface area contributed by atoms with Crippen LogP contribution in [0.5, 0.6) is 0 Å². The molecule has 0 unspecified atom stereocenters. The van der Waals surface area contributed by atoms with Gasteiger partial charge in [0.1, 0.15) is 0 Å². The largest absolute Gasteiger partial charge is 0.550 e. The van der Waals surface area contributed by atoms with Crippen LogP contribution in [-0.4, -0.2) is 5.97 Å². The molecule has 0 spiro atoms. The van der Waals surface area contributed by atoms with Crippen LogP contribution in [0.2, 0.25) is 0 Å². The first-order valence-electron chi connectivity index (χ1n) is 4.28. The summed E-state index contributed by atoms with van der Waals surface area (Å²) in [5, 5.41) is 10.7. The molecular weight excluding hydrogens is 140 g/mol. The minimum atomic E-state index is -0.902. The van der Waals surface area contributed by atoms with E-state index in [1.54, 1.807) is 6.92 Å². The average molecular weight is 157 g/mol. The highest BCUT2D eigenvalue weighted by molar-refractivity contribution is 5.71. The first kappa shape index (κ1) is 10.5. The summed E-state index contributed by atoms with van der Waals surface area (Å²) >= 11 is 0. The summed E-state index contributed by atoms with van der Waals surface area (Å²) in [7, 11) is 0. The zero-order valence-corrected chi connectivity index (χ0v) is 7.64. The van der Waals surface area contributed by atoms with Crippen molar-refractivity contribution >= 4 is 5.97 Å². The van der Waals surface area contributed by atoms with Gasteiger partial charge in [-0.05, 0) is 12.8 Å². The Kier molecular flexibility index (Phi) is 4.16. The molecule has 0 aromatic heterocycles. The van der Waals surface area contributed by atoms with Gasteiger partial charge in [-0.3, -0.25) is 0 Å². The minimum absolute atomic E-state index is 0.594. The lowest BCUT2D eigenvalue weighted by atomic mass is 9.81. The van der Waals surface area contributed by atoms with Crippen molar-refractivity contribution < 1.29 is 9.90 Å². The third-order valence-electron chi connectivity index (χ3n) is 2.10. The van der Waals surface area contributed by atoms with Crippen LogP contribution in [0.1, 0.15) is 46.5 Å². The molecule has 2 heteroatoms. The Balaban J connectivity index is 4.13. The van der Waals surface area contributed by atoms with Gasteiger partial charge in [0, 0.05) is 11.4 Å². The number of carbonyl (C=O) groups is 1. The smallest absolute Gasteiger partial charge is 0.0473 e. The molecule has 0 aromatic carbocycles. The van der Waals surface area contributed by atoms with E-state index in [4.69, 9.17) is 0 Å². The van der Waals surface area contributed by atoms with Crippen LogP contribution in [0.3, 0.4) is 0 Å². The Morgan fingerprint density at radius 3 is 1.82 bits per heavy atom. The second kappa shape index (κ2) is 4.37. The van der Waals surface area contributed by atoms with Crippen LogP contribution in [0.25, 0.3) is 0 Å². The lowest BCUT2D eigenvalue weighted by Gasteiger charge is -2.29. The summed E-state index contributed by atoms with van der Waals surface area (Å²) in [4.78, 5) is 10.7. The molecule has 0 radical (unpaired) electrons. The Morgan fingerprint density at radius 2 is 1.64 bits per heavy atom. The molecule has 0 N–H and O–H groups in total. The molecule has 0 bridgehead atoms. The molecule has 0 saturated carbocycles. The highest BCUT2D eigenvalue weighted by Gasteiger charge is 2.23. The van der Waals surface area contributed by atoms with Crippen LogP contribution < -0.4 is 5.11 Å². The average Bonchev–Trinajstić information content (AvgIpc) is 1.88. The normalized spacial score (nSPS) is 11.5. The molecule has 0 aliphatic heterocycles. The fourth-order valence-electron chi connectivity index (χ4n) is 1.43. The van der Waals surface area contributed by atoms with Crippen LogP contribution in [0, 0.1) is 5.41 Å². The van der Waals surface area contributed by atoms with Gasteiger partial charge in [-0.1, -0.05) is 33.6 Å². The molecule has 0 aliphatic carbocycles. The van der Waals surface area contributed by atoms with Crippen molar-refractivity contribution in [1.29, 1.82) is 0 Å². The number of hydrogen-bond donors (Lipinski definition) is 0. The van der Waals surface area contributed by atoms with E-state index in [0.717, 1.165) is 25.7 Å². The molecule has 11 heavy (non-hydrogen) atoms. The molecule has 0 saturated heterocycles. The zero-order chi connectivity index (χ0) is 8.91. The van der Waals surface area contributed by atoms with E-state index < -0.39 is 11.4 Å². The van der Waals surface area contributed by atoms with Gasteiger partial charge in [0.15, 0.2) is 0 Å². The van der Waals surface area contributed by atoms with Crippen molar-refractivity contribution in [2.75, 3.05) is 0 Å². The molecular formula is C9H17O2-. The fraction of sp³-hybridized carbons (Fsp3) is 0.889. The van der Waals surface area contributed by atoms with Gasteiger partial charge in [-0.15, -0.1) is 0 Å². The highest BCUT2D eigenvalue weighted by Crippen LogP contribution is 2.27. The molecule has 0 aromatic rings. The van der Waals surface area contributed by atoms with E-state index in [1.807, 2.05) is 13.8 Å². The van der Waals surface area contributed by atoms with Gasteiger partial charge >= 0.3 is 0 Å². The summed E-state index contributed by atoms with van der Waals surface area (Å²) in [6, 6.07) is 0. The van der Waals surface area contributed by atoms with E-state index in [9.17, 15) is 9.90 Å². The molecule has 0 aliphatic rings. The maximum atomic E-state index is 10.7. The summed E-state index contributed by atoms with van der Waals surface area (Å²) in [5.41, 5.74) is -0.594. The van der Waals surface area contributed by atoms with Crippen LogP contribution >= 0.6 is 0 Å². The summed E-state index contributed by atoms with van der Waals surface area (Å²) in [6.07, 6.45) is 3.27. The SMILES string of the molecule is CCCC(C)(CCC)C(=O)[O-]. The zero-order valence-electron chi connectivity index (χ0n) is 7.64. The quantitative estimate of drug-likeness (QED) is 0.604. The van der Waals surface area contributed by atoms with Crippen molar-refractivity contribution in [2.24, 2.45) is 5.41 Å². The third kappa shape index (κ3) is 2.91. The third-order valence-corrected chi connectivity index (χ3v) is 2.10. The number of carboxylic acids is 1. The number of hydrogen-bond acceptors (Lipinski definition) is 2. The molecule has 0 amide bonds. The fourth-order valence-corrected chi connectivity index (χ4v) is 1.43. The van der Waals surface area contributed by atoms with E-state index in [2.05, 4.69) is 0 Å². The number of carbonyl (C=O) groups excluding carboxylic acids is 1. The van der Waals surface area contributed by atoms with Gasteiger partial charge in [-0.2, -0.15) is 0 Å². The van der Waals surface area contributed by atoms with Gasteiger partial charge in [0.2, 0.25) is 0 Å². The lowest BCUT2D eigenvalue weighted by Crippen LogP contribution is -2.40. The predicted molar refractivity (Wildman–Crippen MR) is 42.9 cm³/mol. The van der Waals surface area contributed by atoms with Crippen LogP contribution in [0.15, 0.2) is 0 Å². The van der Waals surface area contributed by atoms with E-state index in [1.165, 1.54) is 0 Å². The molecule has 66 valence electrons. The van der Waals surface area contributed by atoms with Crippen LogP contribution in [0.4, 0.5) is 0 Å². The van der Waals surface area contributed by atoms with Crippen molar-refractivity contribution in [1.82, 2.24) is 0 Å². The maximum absolute atomic E-state index is 10.7. The molecule has 0 rings (SSSR count). The first-order chi connectivity index (χ1) is 5.06. The standard InChI is InChI=1S/C9H18O2/c1-4-6-9(3,7-5-2)8(10)11/h4-7H2,1-3H3,(H,10,11)/p-1. The Bertz CT molecular complexity index is 124. The molecule has 2 nitrogen and oxygen atoms in total. The first-order valence-corrected chi connectivity index (χ1v) is 4.28.